The maximum Gasteiger partial charge on any atom is 0.318 e. The zero-order chi connectivity index (χ0) is 17.9. The number of likely N-dealkylation sites (tertiary alicyclic amines) is 1. The largest absolute Gasteiger partial charge is 0.464 e. The van der Waals surface area contributed by atoms with Crippen molar-refractivity contribution in [2.45, 2.75) is 59.0 Å². The molecule has 2 heterocycles. The van der Waals surface area contributed by atoms with Crippen LogP contribution in [0.4, 0.5) is 4.79 Å². The van der Waals surface area contributed by atoms with Gasteiger partial charge in [0.1, 0.15) is 17.6 Å². The van der Waals surface area contributed by atoms with Crippen LogP contribution in [0.15, 0.2) is 16.5 Å². The van der Waals surface area contributed by atoms with Gasteiger partial charge in [-0.15, -0.1) is 0 Å². The number of rotatable bonds is 4. The van der Waals surface area contributed by atoms with E-state index in [0.29, 0.717) is 13.0 Å². The molecule has 2 atom stereocenters. The molecule has 0 radical (unpaired) electrons. The van der Waals surface area contributed by atoms with Crippen molar-refractivity contribution in [3.05, 3.63) is 23.7 Å². The second-order valence-electron chi connectivity index (χ2n) is 7.37. The van der Waals surface area contributed by atoms with Crippen LogP contribution in [0.1, 0.15) is 58.1 Å². The number of nitrogens with zero attached hydrogens (tertiary/aromatic N) is 1. The van der Waals surface area contributed by atoms with Gasteiger partial charge in [0, 0.05) is 20.0 Å². The van der Waals surface area contributed by atoms with E-state index < -0.39 is 6.04 Å². The Morgan fingerprint density at radius 1 is 1.38 bits per heavy atom. The van der Waals surface area contributed by atoms with Gasteiger partial charge < -0.3 is 20.0 Å². The summed E-state index contributed by atoms with van der Waals surface area (Å²) in [6, 6.07) is 3.02. The SMILES string of the molecule is CCc1ccc([C@@H](NC(=O)N2CCC[C@H]2C(=O)NC)C(C)(C)C)o1. The number of nitrogens with one attached hydrogen (secondary N) is 2. The smallest absolute Gasteiger partial charge is 0.318 e. The molecule has 2 N–H and O–H groups in total. The highest BCUT2D eigenvalue weighted by molar-refractivity contribution is 5.87. The molecule has 1 saturated heterocycles. The molecule has 1 aromatic rings. The lowest BCUT2D eigenvalue weighted by Crippen LogP contribution is -2.51. The Morgan fingerprint density at radius 3 is 2.62 bits per heavy atom. The Balaban J connectivity index is 2.17. The minimum atomic E-state index is -0.390. The van der Waals surface area contributed by atoms with Crippen molar-refractivity contribution in [2.75, 3.05) is 13.6 Å². The fourth-order valence-corrected chi connectivity index (χ4v) is 3.11. The van der Waals surface area contributed by atoms with Gasteiger partial charge in [-0.05, 0) is 30.4 Å². The van der Waals surface area contributed by atoms with Crippen LogP contribution in [0.5, 0.6) is 0 Å². The van der Waals surface area contributed by atoms with E-state index in [9.17, 15) is 9.59 Å². The van der Waals surface area contributed by atoms with Crippen molar-refractivity contribution >= 4 is 11.9 Å². The topological polar surface area (TPSA) is 74.6 Å². The van der Waals surface area contributed by atoms with Crippen LogP contribution >= 0.6 is 0 Å². The zero-order valence-electron chi connectivity index (χ0n) is 15.3. The number of hydrogen-bond acceptors (Lipinski definition) is 3. The van der Waals surface area contributed by atoms with E-state index in [1.54, 1.807) is 11.9 Å². The number of carbonyl (C=O) groups excluding carboxylic acids is 2. The summed E-state index contributed by atoms with van der Waals surface area (Å²) in [6.07, 6.45) is 2.36. The summed E-state index contributed by atoms with van der Waals surface area (Å²) in [6.45, 7) is 8.82. The summed E-state index contributed by atoms with van der Waals surface area (Å²) in [5.74, 6) is 1.54. The molecule has 6 heteroatoms. The minimum absolute atomic E-state index is 0.110. The molecule has 24 heavy (non-hydrogen) atoms. The first-order valence-corrected chi connectivity index (χ1v) is 8.65. The Kier molecular flexibility index (Phi) is 5.57. The first-order chi connectivity index (χ1) is 11.3. The van der Waals surface area contributed by atoms with Crippen molar-refractivity contribution in [1.29, 1.82) is 0 Å². The van der Waals surface area contributed by atoms with E-state index in [4.69, 9.17) is 4.42 Å². The van der Waals surface area contributed by atoms with Gasteiger partial charge in [-0.2, -0.15) is 0 Å². The molecule has 0 saturated carbocycles. The summed E-state index contributed by atoms with van der Waals surface area (Å²) in [5.41, 5.74) is -0.208. The Labute approximate surface area is 144 Å². The number of hydrogen-bond donors (Lipinski definition) is 2. The van der Waals surface area contributed by atoms with Gasteiger partial charge >= 0.3 is 6.03 Å². The van der Waals surface area contributed by atoms with Gasteiger partial charge in [0.2, 0.25) is 5.91 Å². The lowest BCUT2D eigenvalue weighted by atomic mass is 9.85. The van der Waals surface area contributed by atoms with Gasteiger partial charge in [0.05, 0.1) is 6.04 Å². The van der Waals surface area contributed by atoms with E-state index >= 15 is 0 Å². The second kappa shape index (κ2) is 7.28. The van der Waals surface area contributed by atoms with Crippen LogP contribution in [-0.4, -0.2) is 36.5 Å². The average molecular weight is 335 g/mol. The third-order valence-corrected chi connectivity index (χ3v) is 4.51. The third kappa shape index (κ3) is 3.91. The molecule has 1 fully saturated rings. The normalized spacial score (nSPS) is 19.2. The Morgan fingerprint density at radius 2 is 2.08 bits per heavy atom. The van der Waals surface area contributed by atoms with Crippen LogP contribution in [-0.2, 0) is 11.2 Å². The van der Waals surface area contributed by atoms with Crippen molar-refractivity contribution in [1.82, 2.24) is 15.5 Å². The maximum atomic E-state index is 12.8. The van der Waals surface area contributed by atoms with E-state index in [1.807, 2.05) is 19.1 Å². The van der Waals surface area contributed by atoms with Crippen LogP contribution < -0.4 is 10.6 Å². The molecule has 0 aromatic carbocycles. The van der Waals surface area contributed by atoms with E-state index in [1.165, 1.54) is 0 Å². The predicted octanol–water partition coefficient (Wildman–Crippen LogP) is 2.85. The quantitative estimate of drug-likeness (QED) is 0.888. The highest BCUT2D eigenvalue weighted by Crippen LogP contribution is 2.34. The number of likely N-dealkylation sites (N-methyl/N-ethyl adjacent to an activating group) is 1. The highest BCUT2D eigenvalue weighted by atomic mass is 16.3. The number of furan rings is 1. The van der Waals surface area contributed by atoms with E-state index in [0.717, 1.165) is 24.4 Å². The minimum Gasteiger partial charge on any atom is -0.464 e. The zero-order valence-corrected chi connectivity index (χ0v) is 15.3. The number of aryl methyl sites for hydroxylation is 1. The maximum absolute atomic E-state index is 12.8. The van der Waals surface area contributed by atoms with Crippen LogP contribution in [0, 0.1) is 5.41 Å². The lowest BCUT2D eigenvalue weighted by Gasteiger charge is -2.33. The molecule has 3 amide bonds. The fourth-order valence-electron chi connectivity index (χ4n) is 3.11. The van der Waals surface area contributed by atoms with Gasteiger partial charge in [0.15, 0.2) is 0 Å². The lowest BCUT2D eigenvalue weighted by molar-refractivity contribution is -0.124. The van der Waals surface area contributed by atoms with E-state index in [2.05, 4.69) is 31.4 Å². The number of amides is 3. The Hall–Kier alpha value is -1.98. The molecule has 0 spiro atoms. The number of urea groups is 1. The van der Waals surface area contributed by atoms with Crippen molar-refractivity contribution in [3.63, 3.8) is 0 Å². The molecule has 6 nitrogen and oxygen atoms in total. The molecule has 1 aromatic heterocycles. The van der Waals surface area contributed by atoms with Crippen LogP contribution in [0.2, 0.25) is 0 Å². The van der Waals surface area contributed by atoms with E-state index in [-0.39, 0.29) is 23.4 Å². The van der Waals surface area contributed by atoms with Crippen molar-refractivity contribution in [2.24, 2.45) is 5.41 Å². The first kappa shape index (κ1) is 18.4. The number of carbonyl (C=O) groups is 2. The van der Waals surface area contributed by atoms with Crippen LogP contribution in [0.3, 0.4) is 0 Å². The predicted molar refractivity (Wildman–Crippen MR) is 92.6 cm³/mol. The summed E-state index contributed by atoms with van der Waals surface area (Å²) in [7, 11) is 1.60. The summed E-state index contributed by atoms with van der Waals surface area (Å²) >= 11 is 0. The summed E-state index contributed by atoms with van der Waals surface area (Å²) < 4.78 is 5.87. The molecular weight excluding hydrogens is 306 g/mol. The molecular formula is C18H29N3O3. The molecule has 0 bridgehead atoms. The molecule has 1 aliphatic rings. The standard InChI is InChI=1S/C18H29N3O3/c1-6-12-9-10-14(24-12)15(18(2,3)4)20-17(23)21-11-7-8-13(21)16(22)19-5/h9-10,13,15H,6-8,11H2,1-5H3,(H,19,22)(H,20,23)/t13-,15+/m0/s1. The van der Waals surface area contributed by atoms with Crippen molar-refractivity contribution < 1.29 is 14.0 Å². The fraction of sp³-hybridized carbons (Fsp3) is 0.667. The average Bonchev–Trinajstić information content (AvgIpc) is 3.19. The Bertz CT molecular complexity index is 589. The molecule has 134 valence electrons. The van der Waals surface area contributed by atoms with Gasteiger partial charge in [0.25, 0.3) is 0 Å². The molecule has 1 aliphatic heterocycles. The monoisotopic (exact) mass is 335 g/mol. The highest BCUT2D eigenvalue weighted by Gasteiger charge is 2.37. The molecule has 0 aliphatic carbocycles. The summed E-state index contributed by atoms with van der Waals surface area (Å²) in [5, 5.41) is 5.71. The second-order valence-corrected chi connectivity index (χ2v) is 7.37. The van der Waals surface area contributed by atoms with Gasteiger partial charge in [-0.1, -0.05) is 27.7 Å². The van der Waals surface area contributed by atoms with Crippen molar-refractivity contribution in [3.8, 4) is 0 Å². The van der Waals surface area contributed by atoms with Gasteiger partial charge in [-0.25, -0.2) is 4.79 Å². The van der Waals surface area contributed by atoms with Gasteiger partial charge in [-0.3, -0.25) is 4.79 Å². The third-order valence-electron chi connectivity index (χ3n) is 4.51. The van der Waals surface area contributed by atoms with Crippen LogP contribution in [0.25, 0.3) is 0 Å². The first-order valence-electron chi connectivity index (χ1n) is 8.65. The molecule has 0 unspecified atom stereocenters. The molecule has 2 rings (SSSR count). The summed E-state index contributed by atoms with van der Waals surface area (Å²) in [4.78, 5) is 26.4.